The normalized spacial score (nSPS) is 12.3. The van der Waals surface area contributed by atoms with Gasteiger partial charge in [0.25, 0.3) is 0 Å². The van der Waals surface area contributed by atoms with Crippen molar-refractivity contribution in [1.29, 1.82) is 0 Å². The van der Waals surface area contributed by atoms with Crippen LogP contribution in [0.3, 0.4) is 0 Å². The van der Waals surface area contributed by atoms with Gasteiger partial charge in [-0.05, 0) is 26.5 Å². The van der Waals surface area contributed by atoms with Crippen LogP contribution in [-0.2, 0) is 16.6 Å². The second-order valence-electron chi connectivity index (χ2n) is 4.54. The SMILES string of the molecule is CNCCS(=O)(=O)N(Cc1ccccc1)C(C)C. The van der Waals surface area contributed by atoms with Gasteiger partial charge in [-0.3, -0.25) is 0 Å². The monoisotopic (exact) mass is 270 g/mol. The van der Waals surface area contributed by atoms with Crippen molar-refractivity contribution >= 4 is 10.0 Å². The van der Waals surface area contributed by atoms with Crippen LogP contribution in [0.1, 0.15) is 19.4 Å². The zero-order chi connectivity index (χ0) is 13.6. The Bertz CT molecular complexity index is 443. The highest BCUT2D eigenvalue weighted by Gasteiger charge is 2.24. The van der Waals surface area contributed by atoms with Crippen LogP contribution in [0.25, 0.3) is 0 Å². The van der Waals surface area contributed by atoms with Crippen LogP contribution in [0.15, 0.2) is 30.3 Å². The number of hydrogen-bond donors (Lipinski definition) is 1. The third-order valence-corrected chi connectivity index (χ3v) is 4.71. The number of nitrogens with zero attached hydrogens (tertiary/aromatic N) is 1. The topological polar surface area (TPSA) is 49.4 Å². The van der Waals surface area contributed by atoms with Crippen molar-refractivity contribution in [2.45, 2.75) is 26.4 Å². The quantitative estimate of drug-likeness (QED) is 0.816. The number of hydrogen-bond acceptors (Lipinski definition) is 3. The molecule has 0 atom stereocenters. The van der Waals surface area contributed by atoms with Crippen LogP contribution in [-0.4, -0.2) is 38.1 Å². The zero-order valence-electron chi connectivity index (χ0n) is 11.3. The maximum atomic E-state index is 12.2. The first-order valence-electron chi connectivity index (χ1n) is 6.15. The third-order valence-electron chi connectivity index (χ3n) is 2.72. The molecule has 0 radical (unpaired) electrons. The molecular formula is C13H22N2O2S. The van der Waals surface area contributed by atoms with E-state index in [1.165, 1.54) is 0 Å². The van der Waals surface area contributed by atoms with Gasteiger partial charge in [-0.2, -0.15) is 4.31 Å². The highest BCUT2D eigenvalue weighted by Crippen LogP contribution is 2.13. The molecule has 1 rings (SSSR count). The number of rotatable bonds is 7. The van der Waals surface area contributed by atoms with Crippen molar-refractivity contribution in [3.05, 3.63) is 35.9 Å². The smallest absolute Gasteiger partial charge is 0.215 e. The van der Waals surface area contributed by atoms with Crippen molar-refractivity contribution in [2.75, 3.05) is 19.3 Å². The van der Waals surface area contributed by atoms with Crippen LogP contribution in [0.2, 0.25) is 0 Å². The summed E-state index contributed by atoms with van der Waals surface area (Å²) in [4.78, 5) is 0. The molecule has 0 bridgehead atoms. The Balaban J connectivity index is 2.83. The summed E-state index contributed by atoms with van der Waals surface area (Å²) in [7, 11) is -1.45. The van der Waals surface area contributed by atoms with Gasteiger partial charge in [0.05, 0.1) is 5.75 Å². The summed E-state index contributed by atoms with van der Waals surface area (Å²) in [6, 6.07) is 9.64. The van der Waals surface area contributed by atoms with Crippen molar-refractivity contribution < 1.29 is 8.42 Å². The molecule has 0 saturated heterocycles. The van der Waals surface area contributed by atoms with Crippen LogP contribution in [0.4, 0.5) is 0 Å². The van der Waals surface area contributed by atoms with E-state index in [2.05, 4.69) is 5.32 Å². The Hall–Kier alpha value is -0.910. The number of nitrogens with one attached hydrogen (secondary N) is 1. The second-order valence-corrected chi connectivity index (χ2v) is 6.59. The van der Waals surface area contributed by atoms with E-state index in [-0.39, 0.29) is 11.8 Å². The van der Waals surface area contributed by atoms with E-state index < -0.39 is 10.0 Å². The summed E-state index contributed by atoms with van der Waals surface area (Å²) in [5.41, 5.74) is 1.01. The van der Waals surface area contributed by atoms with Crippen LogP contribution in [0.5, 0.6) is 0 Å². The highest BCUT2D eigenvalue weighted by atomic mass is 32.2. The molecule has 0 fully saturated rings. The Morgan fingerprint density at radius 2 is 1.83 bits per heavy atom. The fourth-order valence-corrected chi connectivity index (χ4v) is 3.40. The first kappa shape index (κ1) is 15.1. The maximum Gasteiger partial charge on any atom is 0.215 e. The Morgan fingerprint density at radius 1 is 1.22 bits per heavy atom. The fourth-order valence-electron chi connectivity index (χ4n) is 1.71. The molecule has 5 heteroatoms. The molecule has 0 spiro atoms. The predicted octanol–water partition coefficient (Wildman–Crippen LogP) is 1.45. The highest BCUT2D eigenvalue weighted by molar-refractivity contribution is 7.89. The summed E-state index contributed by atoms with van der Waals surface area (Å²) < 4.78 is 26.0. The first-order valence-corrected chi connectivity index (χ1v) is 7.76. The van der Waals surface area contributed by atoms with Crippen molar-refractivity contribution in [1.82, 2.24) is 9.62 Å². The van der Waals surface area contributed by atoms with Gasteiger partial charge in [0.2, 0.25) is 10.0 Å². The van der Waals surface area contributed by atoms with Gasteiger partial charge in [-0.25, -0.2) is 8.42 Å². The van der Waals surface area contributed by atoms with E-state index in [0.717, 1.165) is 5.56 Å². The molecule has 1 N–H and O–H groups in total. The number of sulfonamides is 1. The minimum atomic E-state index is -3.21. The van der Waals surface area contributed by atoms with Crippen LogP contribution in [0, 0.1) is 0 Å². The van der Waals surface area contributed by atoms with Crippen LogP contribution >= 0.6 is 0 Å². The Kier molecular flexibility index (Phi) is 5.78. The van der Waals surface area contributed by atoms with Crippen molar-refractivity contribution in [2.24, 2.45) is 0 Å². The fraction of sp³-hybridized carbons (Fsp3) is 0.538. The van der Waals surface area contributed by atoms with Gasteiger partial charge in [0, 0.05) is 19.1 Å². The Morgan fingerprint density at radius 3 is 2.33 bits per heavy atom. The molecule has 0 aliphatic rings. The van der Waals surface area contributed by atoms with E-state index in [9.17, 15) is 8.42 Å². The van der Waals surface area contributed by atoms with E-state index in [1.54, 1.807) is 11.4 Å². The van der Waals surface area contributed by atoms with Gasteiger partial charge in [0.1, 0.15) is 0 Å². The average molecular weight is 270 g/mol. The minimum absolute atomic E-state index is 0.0351. The lowest BCUT2D eigenvalue weighted by Crippen LogP contribution is -2.39. The van der Waals surface area contributed by atoms with Crippen LogP contribution < -0.4 is 5.32 Å². The molecule has 0 amide bonds. The van der Waals surface area contributed by atoms with Crippen molar-refractivity contribution in [3.8, 4) is 0 Å². The maximum absolute atomic E-state index is 12.2. The standard InChI is InChI=1S/C13H22N2O2S/c1-12(2)15(18(16,17)10-9-14-3)11-13-7-5-4-6-8-13/h4-8,12,14H,9-11H2,1-3H3. The minimum Gasteiger partial charge on any atom is -0.319 e. The second kappa shape index (κ2) is 6.87. The summed E-state index contributed by atoms with van der Waals surface area (Å²) in [6.45, 7) is 4.71. The summed E-state index contributed by atoms with van der Waals surface area (Å²) in [5.74, 6) is 0.133. The first-order chi connectivity index (χ1) is 8.47. The molecule has 0 aliphatic heterocycles. The molecule has 0 aromatic heterocycles. The van der Waals surface area contributed by atoms with Gasteiger partial charge >= 0.3 is 0 Å². The largest absolute Gasteiger partial charge is 0.319 e. The molecule has 0 unspecified atom stereocenters. The van der Waals surface area contributed by atoms with E-state index in [1.807, 2.05) is 44.2 Å². The molecule has 102 valence electrons. The van der Waals surface area contributed by atoms with Gasteiger partial charge in [-0.15, -0.1) is 0 Å². The molecule has 0 saturated carbocycles. The lowest BCUT2D eigenvalue weighted by atomic mass is 10.2. The Labute approximate surface area is 110 Å². The molecular weight excluding hydrogens is 248 g/mol. The average Bonchev–Trinajstić information content (AvgIpc) is 2.34. The lowest BCUT2D eigenvalue weighted by Gasteiger charge is -2.26. The summed E-state index contributed by atoms with van der Waals surface area (Å²) in [6.07, 6.45) is 0. The van der Waals surface area contributed by atoms with E-state index >= 15 is 0 Å². The molecule has 0 heterocycles. The lowest BCUT2D eigenvalue weighted by molar-refractivity contribution is 0.348. The molecule has 1 aromatic carbocycles. The van der Waals surface area contributed by atoms with E-state index in [0.29, 0.717) is 13.1 Å². The van der Waals surface area contributed by atoms with Gasteiger partial charge < -0.3 is 5.32 Å². The molecule has 1 aromatic rings. The third kappa shape index (κ3) is 4.40. The predicted molar refractivity (Wildman–Crippen MR) is 74.8 cm³/mol. The van der Waals surface area contributed by atoms with E-state index in [4.69, 9.17) is 0 Å². The number of benzene rings is 1. The molecule has 18 heavy (non-hydrogen) atoms. The van der Waals surface area contributed by atoms with Gasteiger partial charge in [0.15, 0.2) is 0 Å². The summed E-state index contributed by atoms with van der Waals surface area (Å²) >= 11 is 0. The molecule has 4 nitrogen and oxygen atoms in total. The molecule has 0 aliphatic carbocycles. The zero-order valence-corrected chi connectivity index (χ0v) is 12.1. The van der Waals surface area contributed by atoms with Crippen molar-refractivity contribution in [3.63, 3.8) is 0 Å². The van der Waals surface area contributed by atoms with Gasteiger partial charge in [-0.1, -0.05) is 30.3 Å². The summed E-state index contributed by atoms with van der Waals surface area (Å²) in [5, 5.41) is 2.88.